The van der Waals surface area contributed by atoms with E-state index in [1.807, 2.05) is 4.90 Å². The van der Waals surface area contributed by atoms with Gasteiger partial charge >= 0.3 is 12.1 Å². The van der Waals surface area contributed by atoms with Gasteiger partial charge in [-0.2, -0.15) is 0 Å². The highest BCUT2D eigenvalue weighted by Gasteiger charge is 2.40. The largest absolute Gasteiger partial charge is 0.461 e. The minimum absolute atomic E-state index is 0.122. The van der Waals surface area contributed by atoms with Crippen LogP contribution in [0.5, 0.6) is 0 Å². The van der Waals surface area contributed by atoms with Crippen molar-refractivity contribution in [3.63, 3.8) is 0 Å². The van der Waals surface area contributed by atoms with Gasteiger partial charge in [-0.25, -0.2) is 18.7 Å². The molecule has 182 valence electrons. The van der Waals surface area contributed by atoms with Crippen LogP contribution in [0.15, 0.2) is 24.4 Å². The second kappa shape index (κ2) is 9.18. The summed E-state index contributed by atoms with van der Waals surface area (Å²) in [6.45, 7) is 4.64. The van der Waals surface area contributed by atoms with E-state index in [1.165, 1.54) is 21.8 Å². The molecule has 0 bridgehead atoms. The average Bonchev–Trinajstić information content (AvgIpc) is 3.56. The quantitative estimate of drug-likeness (QED) is 0.579. The highest BCUT2D eigenvalue weighted by atomic mass is 19.1. The fourth-order valence-corrected chi connectivity index (χ4v) is 4.57. The lowest BCUT2D eigenvalue weighted by Crippen LogP contribution is -2.45. The molecule has 3 aliphatic heterocycles. The Hall–Kier alpha value is -3.25. The highest BCUT2D eigenvalue weighted by molar-refractivity contribution is 5.90. The molecule has 3 saturated heterocycles. The molecule has 3 aliphatic rings. The number of nitrogens with zero attached hydrogens (tertiary/aromatic N) is 5. The van der Waals surface area contributed by atoms with Gasteiger partial charge in [0.2, 0.25) is 0 Å². The van der Waals surface area contributed by atoms with E-state index in [1.54, 1.807) is 19.1 Å². The molecule has 1 aromatic carbocycles. The first kappa shape index (κ1) is 22.5. The van der Waals surface area contributed by atoms with Crippen LogP contribution in [0.3, 0.4) is 0 Å². The number of amides is 1. The lowest BCUT2D eigenvalue weighted by molar-refractivity contribution is -0.169. The van der Waals surface area contributed by atoms with Gasteiger partial charge in [0.1, 0.15) is 11.9 Å². The summed E-state index contributed by atoms with van der Waals surface area (Å²) in [5, 5.41) is 7.62. The van der Waals surface area contributed by atoms with E-state index in [4.69, 9.17) is 18.9 Å². The molecule has 1 amide bonds. The van der Waals surface area contributed by atoms with Gasteiger partial charge in [-0.3, -0.25) is 4.90 Å². The third-order valence-corrected chi connectivity index (χ3v) is 6.28. The van der Waals surface area contributed by atoms with Gasteiger partial charge < -0.3 is 23.8 Å². The number of aromatic nitrogens is 3. The van der Waals surface area contributed by atoms with E-state index in [2.05, 4.69) is 10.3 Å². The van der Waals surface area contributed by atoms with Crippen LogP contribution < -0.4 is 9.80 Å². The summed E-state index contributed by atoms with van der Waals surface area (Å²) in [5.41, 5.74) is 1.04. The Morgan fingerprint density at radius 2 is 2.03 bits per heavy atom. The molecule has 1 spiro atoms. The van der Waals surface area contributed by atoms with Crippen LogP contribution in [0.4, 0.5) is 20.6 Å². The zero-order valence-corrected chi connectivity index (χ0v) is 18.8. The molecule has 0 N–H and O–H groups in total. The van der Waals surface area contributed by atoms with Crippen LogP contribution in [0, 0.1) is 5.82 Å². The van der Waals surface area contributed by atoms with Crippen molar-refractivity contribution >= 4 is 23.4 Å². The topological polar surface area (TPSA) is 108 Å². The van der Waals surface area contributed by atoms with Gasteiger partial charge in [-0.1, -0.05) is 5.21 Å². The molecule has 1 atom stereocenters. The minimum atomic E-state index is -0.592. The summed E-state index contributed by atoms with van der Waals surface area (Å²) in [6.07, 6.45) is 1.46. The number of rotatable bonds is 6. The summed E-state index contributed by atoms with van der Waals surface area (Å²) in [7, 11) is 0. The molecule has 1 aromatic heterocycles. The lowest BCUT2D eigenvalue weighted by atomic mass is 10.0. The van der Waals surface area contributed by atoms with E-state index in [-0.39, 0.29) is 25.4 Å². The standard InChI is InChI=1S/C22H26FN5O6/c1-2-31-20(29)19-12-24-25-28(19)14-16-13-27(21(30)34-16)15-3-4-18(17(23)11-15)26-7-5-22(6-8-26)32-9-10-33-22/h3-4,11-12,16H,2,5-10,13-14H2,1H3. The second-order valence-corrected chi connectivity index (χ2v) is 8.37. The van der Waals surface area contributed by atoms with Crippen LogP contribution in [0.2, 0.25) is 0 Å². The third-order valence-electron chi connectivity index (χ3n) is 6.28. The first-order valence-electron chi connectivity index (χ1n) is 11.3. The summed E-state index contributed by atoms with van der Waals surface area (Å²) in [6, 6.07) is 4.72. The SMILES string of the molecule is CCOC(=O)c1cnnn1CC1CN(c2ccc(N3CCC4(CC3)OCCO4)c(F)c2)C(=O)O1. The van der Waals surface area contributed by atoms with Gasteiger partial charge in [0, 0.05) is 25.9 Å². The van der Waals surface area contributed by atoms with E-state index in [9.17, 15) is 9.59 Å². The summed E-state index contributed by atoms with van der Waals surface area (Å²) >= 11 is 0. The third kappa shape index (κ3) is 4.30. The maximum Gasteiger partial charge on any atom is 0.414 e. The fourth-order valence-electron chi connectivity index (χ4n) is 4.57. The molecular formula is C22H26FN5O6. The smallest absolute Gasteiger partial charge is 0.414 e. The minimum Gasteiger partial charge on any atom is -0.461 e. The van der Waals surface area contributed by atoms with Crippen molar-refractivity contribution in [3.05, 3.63) is 35.9 Å². The molecule has 3 fully saturated rings. The first-order valence-corrected chi connectivity index (χ1v) is 11.3. The number of carbonyl (C=O) groups excluding carboxylic acids is 2. The molecule has 0 aliphatic carbocycles. The number of hydrogen-bond acceptors (Lipinski definition) is 9. The van der Waals surface area contributed by atoms with Gasteiger partial charge in [-0.05, 0) is 25.1 Å². The number of cyclic esters (lactones) is 1. The zero-order valence-electron chi connectivity index (χ0n) is 18.8. The van der Waals surface area contributed by atoms with Crippen LogP contribution in [-0.4, -0.2) is 78.4 Å². The molecule has 1 unspecified atom stereocenters. The Morgan fingerprint density at radius 1 is 1.26 bits per heavy atom. The van der Waals surface area contributed by atoms with Crippen molar-refractivity contribution in [2.45, 2.75) is 38.2 Å². The Labute approximate surface area is 195 Å². The molecule has 4 heterocycles. The maximum absolute atomic E-state index is 15.0. The number of ether oxygens (including phenoxy) is 4. The Balaban J connectivity index is 1.23. The number of carbonyl (C=O) groups is 2. The van der Waals surface area contributed by atoms with Crippen LogP contribution in [0.1, 0.15) is 30.3 Å². The van der Waals surface area contributed by atoms with E-state index in [0.717, 1.165) is 0 Å². The lowest BCUT2D eigenvalue weighted by Gasteiger charge is -2.38. The molecule has 0 radical (unpaired) electrons. The number of halogens is 1. The van der Waals surface area contributed by atoms with E-state index < -0.39 is 29.8 Å². The maximum atomic E-state index is 15.0. The number of esters is 1. The van der Waals surface area contributed by atoms with Crippen LogP contribution in [0.25, 0.3) is 0 Å². The summed E-state index contributed by atoms with van der Waals surface area (Å²) in [5.74, 6) is -1.50. The molecule has 0 saturated carbocycles. The Morgan fingerprint density at radius 3 is 2.74 bits per heavy atom. The van der Waals surface area contributed by atoms with Crippen LogP contribution >= 0.6 is 0 Å². The summed E-state index contributed by atoms with van der Waals surface area (Å²) in [4.78, 5) is 27.8. The van der Waals surface area contributed by atoms with E-state index in [0.29, 0.717) is 50.5 Å². The molecular weight excluding hydrogens is 449 g/mol. The normalized spacial score (nSPS) is 21.8. The second-order valence-electron chi connectivity index (χ2n) is 8.37. The molecule has 5 rings (SSSR count). The van der Waals surface area contributed by atoms with Crippen LogP contribution in [-0.2, 0) is 25.5 Å². The average molecular weight is 475 g/mol. The van der Waals surface area contributed by atoms with Crippen molar-refractivity contribution in [1.82, 2.24) is 15.0 Å². The van der Waals surface area contributed by atoms with Crippen molar-refractivity contribution in [3.8, 4) is 0 Å². The number of benzene rings is 1. The van der Waals surface area contributed by atoms with Crippen molar-refractivity contribution < 1.29 is 32.9 Å². The zero-order chi connectivity index (χ0) is 23.7. The van der Waals surface area contributed by atoms with Gasteiger partial charge in [0.15, 0.2) is 11.5 Å². The predicted molar refractivity (Wildman–Crippen MR) is 116 cm³/mol. The van der Waals surface area contributed by atoms with Gasteiger partial charge in [-0.15, -0.1) is 5.10 Å². The number of hydrogen-bond donors (Lipinski definition) is 0. The van der Waals surface area contributed by atoms with E-state index >= 15 is 4.39 Å². The summed E-state index contributed by atoms with van der Waals surface area (Å²) < 4.78 is 38.3. The monoisotopic (exact) mass is 475 g/mol. The predicted octanol–water partition coefficient (Wildman–Crippen LogP) is 1.96. The molecule has 11 nitrogen and oxygen atoms in total. The van der Waals surface area contributed by atoms with Crippen molar-refractivity contribution in [1.29, 1.82) is 0 Å². The Kier molecular flexibility index (Phi) is 6.09. The molecule has 34 heavy (non-hydrogen) atoms. The molecule has 2 aromatic rings. The number of anilines is 2. The fraction of sp³-hybridized carbons (Fsp3) is 0.545. The first-order chi connectivity index (χ1) is 16.5. The molecule has 12 heteroatoms. The van der Waals surface area contributed by atoms with Crippen molar-refractivity contribution in [2.24, 2.45) is 0 Å². The highest BCUT2D eigenvalue weighted by Crippen LogP contribution is 2.35. The van der Waals surface area contributed by atoms with Crippen molar-refractivity contribution in [2.75, 3.05) is 49.3 Å². The van der Waals surface area contributed by atoms with Gasteiger partial charge in [0.25, 0.3) is 0 Å². The number of piperidine rings is 1. The Bertz CT molecular complexity index is 1060. The van der Waals surface area contributed by atoms with Gasteiger partial charge in [0.05, 0.1) is 50.5 Å².